The molecule has 0 aliphatic rings. The number of esters is 1. The number of aromatic nitrogens is 2. The maximum Gasteiger partial charge on any atom is 0.330 e. The highest BCUT2D eigenvalue weighted by Crippen LogP contribution is 2.27. The molecular formula is C11H13N3O3S. The van der Waals surface area contributed by atoms with Crippen molar-refractivity contribution in [3.8, 4) is 0 Å². The number of nitrogens with one attached hydrogen (secondary N) is 1. The van der Waals surface area contributed by atoms with Crippen molar-refractivity contribution in [2.45, 2.75) is 13.0 Å². The Kier molecular flexibility index (Phi) is 3.73. The number of aryl methyl sites for hydroxylation is 1. The summed E-state index contributed by atoms with van der Waals surface area (Å²) in [6, 6.07) is 1.11. The van der Waals surface area contributed by atoms with Gasteiger partial charge in [0.25, 0.3) is 0 Å². The molecule has 0 aliphatic carbocycles. The van der Waals surface area contributed by atoms with Crippen LogP contribution in [0.15, 0.2) is 12.4 Å². The fraction of sp³-hybridized carbons (Fsp3) is 0.364. The van der Waals surface area contributed by atoms with E-state index < -0.39 is 12.0 Å². The highest BCUT2D eigenvalue weighted by molar-refractivity contribution is 7.18. The average molecular weight is 267 g/mol. The molecule has 0 amide bonds. The summed E-state index contributed by atoms with van der Waals surface area (Å²) >= 11 is 1.55. The van der Waals surface area contributed by atoms with E-state index in [1.165, 1.54) is 13.4 Å². The number of rotatable bonds is 4. The molecule has 18 heavy (non-hydrogen) atoms. The lowest BCUT2D eigenvalue weighted by Crippen LogP contribution is -2.34. The maximum atomic E-state index is 11.4. The molecule has 0 radical (unpaired) electrons. The zero-order valence-corrected chi connectivity index (χ0v) is 10.8. The van der Waals surface area contributed by atoms with Gasteiger partial charge < -0.3 is 15.2 Å². The number of anilines is 1. The van der Waals surface area contributed by atoms with E-state index in [1.807, 2.05) is 13.0 Å². The Labute approximate surface area is 108 Å². The van der Waals surface area contributed by atoms with Crippen LogP contribution in [0.4, 0.5) is 5.82 Å². The van der Waals surface area contributed by atoms with Crippen LogP contribution in [0, 0.1) is 6.92 Å². The molecule has 2 aromatic rings. The molecule has 2 heterocycles. The van der Waals surface area contributed by atoms with Crippen LogP contribution in [-0.2, 0) is 9.53 Å². The van der Waals surface area contributed by atoms with Gasteiger partial charge in [0.2, 0.25) is 0 Å². The first-order valence-electron chi connectivity index (χ1n) is 5.32. The molecule has 7 heteroatoms. The van der Waals surface area contributed by atoms with Gasteiger partial charge in [-0.1, -0.05) is 0 Å². The van der Waals surface area contributed by atoms with E-state index in [0.717, 1.165) is 15.1 Å². The minimum atomic E-state index is -0.826. The second-order valence-electron chi connectivity index (χ2n) is 3.70. The maximum absolute atomic E-state index is 11.4. The molecule has 1 atom stereocenters. The molecule has 6 nitrogen and oxygen atoms in total. The van der Waals surface area contributed by atoms with Crippen LogP contribution in [0.1, 0.15) is 4.88 Å². The number of carbonyl (C=O) groups is 1. The molecule has 96 valence electrons. The summed E-state index contributed by atoms with van der Waals surface area (Å²) in [6.45, 7) is 1.61. The molecule has 2 aromatic heterocycles. The minimum Gasteiger partial charge on any atom is -0.467 e. The Balaban J connectivity index is 2.33. The van der Waals surface area contributed by atoms with E-state index in [2.05, 4.69) is 20.0 Å². The minimum absolute atomic E-state index is 0.360. The van der Waals surface area contributed by atoms with E-state index >= 15 is 0 Å². The zero-order valence-electron chi connectivity index (χ0n) is 10.0. The number of ether oxygens (including phenoxy) is 1. The standard InChI is InChI=1S/C11H13N3O3S/c1-6-3-7-9(12-5-13-10(7)18-6)14-8(4-15)11(16)17-2/h3,5,8,15H,4H2,1-2H3,(H,12,13,14). The van der Waals surface area contributed by atoms with E-state index in [1.54, 1.807) is 11.3 Å². The number of hydrogen-bond donors (Lipinski definition) is 2. The summed E-state index contributed by atoms with van der Waals surface area (Å²) in [5.74, 6) is -0.00925. The largest absolute Gasteiger partial charge is 0.467 e. The number of fused-ring (bicyclic) bond motifs is 1. The fourth-order valence-electron chi connectivity index (χ4n) is 1.58. The summed E-state index contributed by atoms with van der Waals surface area (Å²) in [6.07, 6.45) is 1.42. The van der Waals surface area contributed by atoms with E-state index in [0.29, 0.717) is 5.82 Å². The highest BCUT2D eigenvalue weighted by atomic mass is 32.1. The van der Waals surface area contributed by atoms with Gasteiger partial charge in [0.05, 0.1) is 19.1 Å². The van der Waals surface area contributed by atoms with Crippen molar-refractivity contribution in [1.82, 2.24) is 9.97 Å². The first-order chi connectivity index (χ1) is 8.65. The molecule has 0 aromatic carbocycles. The lowest BCUT2D eigenvalue weighted by molar-refractivity contribution is -0.142. The van der Waals surface area contributed by atoms with E-state index in [4.69, 9.17) is 5.11 Å². The number of carbonyl (C=O) groups excluding carboxylic acids is 1. The van der Waals surface area contributed by atoms with E-state index in [-0.39, 0.29) is 6.61 Å². The second-order valence-corrected chi connectivity index (χ2v) is 4.94. The van der Waals surface area contributed by atoms with Gasteiger partial charge in [0.15, 0.2) is 0 Å². The van der Waals surface area contributed by atoms with Gasteiger partial charge in [0.1, 0.15) is 23.0 Å². The van der Waals surface area contributed by atoms with Crippen molar-refractivity contribution in [3.63, 3.8) is 0 Å². The molecule has 0 spiro atoms. The molecule has 2 rings (SSSR count). The molecular weight excluding hydrogens is 254 g/mol. The lowest BCUT2D eigenvalue weighted by atomic mass is 10.3. The number of aliphatic hydroxyl groups is 1. The van der Waals surface area contributed by atoms with Gasteiger partial charge in [-0.25, -0.2) is 14.8 Å². The SMILES string of the molecule is COC(=O)C(CO)Nc1ncnc2sc(C)cc12. The number of nitrogens with zero attached hydrogens (tertiary/aromatic N) is 2. The Bertz CT molecular complexity index is 570. The highest BCUT2D eigenvalue weighted by Gasteiger charge is 2.19. The van der Waals surface area contributed by atoms with E-state index in [9.17, 15) is 4.79 Å². The van der Waals surface area contributed by atoms with Crippen molar-refractivity contribution in [1.29, 1.82) is 0 Å². The third-order valence-corrected chi connectivity index (χ3v) is 3.39. The van der Waals surface area contributed by atoms with Crippen molar-refractivity contribution in [3.05, 3.63) is 17.3 Å². The average Bonchev–Trinajstić information content (AvgIpc) is 2.76. The van der Waals surface area contributed by atoms with Crippen LogP contribution < -0.4 is 5.32 Å². The fourth-order valence-corrected chi connectivity index (χ4v) is 2.42. The van der Waals surface area contributed by atoms with Crippen molar-refractivity contribution in [2.24, 2.45) is 0 Å². The summed E-state index contributed by atoms with van der Waals surface area (Å²) in [5, 5.41) is 12.9. The molecule has 2 N–H and O–H groups in total. The number of aliphatic hydroxyl groups excluding tert-OH is 1. The van der Waals surface area contributed by atoms with Gasteiger partial charge in [-0.05, 0) is 13.0 Å². The van der Waals surface area contributed by atoms with Crippen molar-refractivity contribution in [2.75, 3.05) is 19.0 Å². The predicted octanol–water partition coefficient (Wildman–Crippen LogP) is 0.946. The third-order valence-electron chi connectivity index (χ3n) is 2.43. The van der Waals surface area contributed by atoms with Crippen LogP contribution in [0.25, 0.3) is 10.2 Å². The molecule has 0 saturated carbocycles. The molecule has 0 aliphatic heterocycles. The topological polar surface area (TPSA) is 84.3 Å². The second kappa shape index (κ2) is 5.28. The van der Waals surface area contributed by atoms with Crippen LogP contribution in [0.2, 0.25) is 0 Å². The van der Waals surface area contributed by atoms with Crippen LogP contribution in [0.5, 0.6) is 0 Å². The van der Waals surface area contributed by atoms with Crippen LogP contribution in [0.3, 0.4) is 0 Å². The summed E-state index contributed by atoms with van der Waals surface area (Å²) < 4.78 is 4.59. The molecule has 0 bridgehead atoms. The van der Waals surface area contributed by atoms with Gasteiger partial charge in [-0.2, -0.15) is 0 Å². The smallest absolute Gasteiger partial charge is 0.330 e. The summed E-state index contributed by atoms with van der Waals surface area (Å²) in [4.78, 5) is 21.6. The Morgan fingerprint density at radius 3 is 3.06 bits per heavy atom. The third kappa shape index (κ3) is 2.41. The lowest BCUT2D eigenvalue weighted by Gasteiger charge is -2.14. The summed E-state index contributed by atoms with van der Waals surface area (Å²) in [7, 11) is 1.27. The first-order valence-corrected chi connectivity index (χ1v) is 6.13. The summed E-state index contributed by atoms with van der Waals surface area (Å²) in [5.41, 5.74) is 0. The Morgan fingerprint density at radius 2 is 2.39 bits per heavy atom. The number of methoxy groups -OCH3 is 1. The number of thiophene rings is 1. The molecule has 0 fully saturated rings. The first kappa shape index (κ1) is 12.7. The van der Waals surface area contributed by atoms with Crippen LogP contribution in [-0.4, -0.2) is 40.8 Å². The Morgan fingerprint density at radius 1 is 1.61 bits per heavy atom. The van der Waals surface area contributed by atoms with Gasteiger partial charge >= 0.3 is 5.97 Å². The van der Waals surface area contributed by atoms with Gasteiger partial charge in [-0.3, -0.25) is 0 Å². The van der Waals surface area contributed by atoms with Gasteiger partial charge in [0, 0.05) is 4.88 Å². The zero-order chi connectivity index (χ0) is 13.1. The monoisotopic (exact) mass is 267 g/mol. The normalized spacial score (nSPS) is 12.4. The Hall–Kier alpha value is -1.73. The molecule has 1 unspecified atom stereocenters. The van der Waals surface area contributed by atoms with Crippen LogP contribution >= 0.6 is 11.3 Å². The van der Waals surface area contributed by atoms with Crippen molar-refractivity contribution >= 4 is 33.3 Å². The quantitative estimate of drug-likeness (QED) is 0.802. The van der Waals surface area contributed by atoms with Gasteiger partial charge in [-0.15, -0.1) is 11.3 Å². The predicted molar refractivity (Wildman–Crippen MR) is 68.7 cm³/mol. The van der Waals surface area contributed by atoms with Crippen molar-refractivity contribution < 1.29 is 14.6 Å². The number of hydrogen-bond acceptors (Lipinski definition) is 7. The molecule has 0 saturated heterocycles.